The van der Waals surface area contributed by atoms with Crippen molar-refractivity contribution in [1.82, 2.24) is 4.90 Å². The van der Waals surface area contributed by atoms with Gasteiger partial charge in [-0.3, -0.25) is 0 Å². The van der Waals surface area contributed by atoms with Crippen LogP contribution in [0.2, 0.25) is 0 Å². The summed E-state index contributed by atoms with van der Waals surface area (Å²) in [5.74, 6) is 0.944. The maximum atomic E-state index is 3.77. The van der Waals surface area contributed by atoms with Crippen LogP contribution in [0, 0.1) is 11.3 Å². The Balaban J connectivity index is 1.88. The van der Waals surface area contributed by atoms with Crippen molar-refractivity contribution in [3.8, 4) is 0 Å². The topological polar surface area (TPSA) is 3.24 Å². The summed E-state index contributed by atoms with van der Waals surface area (Å²) in [5.41, 5.74) is 0.593. The second-order valence-corrected chi connectivity index (χ2v) is 7.24. The number of alkyl halides is 1. The first-order valence-corrected chi connectivity index (χ1v) is 8.53. The monoisotopic (exact) mass is 301 g/mol. The van der Waals surface area contributed by atoms with Gasteiger partial charge in [0.1, 0.15) is 0 Å². The molecule has 0 bridgehead atoms. The van der Waals surface area contributed by atoms with E-state index in [1.165, 1.54) is 63.2 Å². The summed E-state index contributed by atoms with van der Waals surface area (Å²) in [6.07, 6.45) is 11.5. The van der Waals surface area contributed by atoms with E-state index in [-0.39, 0.29) is 0 Å². The van der Waals surface area contributed by atoms with Crippen LogP contribution < -0.4 is 0 Å². The van der Waals surface area contributed by atoms with Crippen LogP contribution in [0.4, 0.5) is 0 Å². The standard InChI is InChI=1S/C15H28BrN/c1-13-6-5-7-14(10-13)17(2)12-15(11-16)8-3-4-9-15/h13-14H,3-12H2,1-2H3. The van der Waals surface area contributed by atoms with Crippen LogP contribution in [0.3, 0.4) is 0 Å². The van der Waals surface area contributed by atoms with Gasteiger partial charge in [0.05, 0.1) is 0 Å². The van der Waals surface area contributed by atoms with E-state index in [4.69, 9.17) is 0 Å². The van der Waals surface area contributed by atoms with Gasteiger partial charge in [-0.15, -0.1) is 0 Å². The lowest BCUT2D eigenvalue weighted by Gasteiger charge is -2.39. The van der Waals surface area contributed by atoms with E-state index in [0.29, 0.717) is 5.41 Å². The van der Waals surface area contributed by atoms with E-state index in [2.05, 4.69) is 34.8 Å². The molecule has 2 saturated carbocycles. The summed E-state index contributed by atoms with van der Waals surface area (Å²) in [7, 11) is 2.37. The van der Waals surface area contributed by atoms with Gasteiger partial charge >= 0.3 is 0 Å². The molecule has 0 heterocycles. The molecule has 0 aliphatic heterocycles. The first-order valence-electron chi connectivity index (χ1n) is 7.41. The van der Waals surface area contributed by atoms with Crippen LogP contribution in [0.1, 0.15) is 58.3 Å². The molecule has 0 aromatic rings. The second-order valence-electron chi connectivity index (χ2n) is 6.68. The molecule has 2 atom stereocenters. The minimum absolute atomic E-state index is 0.593. The van der Waals surface area contributed by atoms with Crippen molar-refractivity contribution in [1.29, 1.82) is 0 Å². The number of nitrogens with zero attached hydrogens (tertiary/aromatic N) is 1. The van der Waals surface area contributed by atoms with E-state index < -0.39 is 0 Å². The van der Waals surface area contributed by atoms with Crippen LogP contribution in [-0.2, 0) is 0 Å². The Morgan fingerprint density at radius 3 is 2.47 bits per heavy atom. The molecule has 2 rings (SSSR count). The highest BCUT2D eigenvalue weighted by Crippen LogP contribution is 2.41. The van der Waals surface area contributed by atoms with E-state index in [0.717, 1.165) is 12.0 Å². The van der Waals surface area contributed by atoms with E-state index in [1.54, 1.807) is 0 Å². The molecule has 0 aromatic heterocycles. The molecule has 2 aliphatic carbocycles. The fraction of sp³-hybridized carbons (Fsp3) is 1.00. The minimum Gasteiger partial charge on any atom is -0.303 e. The van der Waals surface area contributed by atoms with Crippen LogP contribution in [0.5, 0.6) is 0 Å². The highest BCUT2D eigenvalue weighted by atomic mass is 79.9. The Labute approximate surface area is 115 Å². The summed E-state index contributed by atoms with van der Waals surface area (Å²) in [4.78, 5) is 2.68. The fourth-order valence-electron chi connectivity index (χ4n) is 3.92. The lowest BCUT2D eigenvalue weighted by atomic mass is 9.83. The van der Waals surface area contributed by atoms with Gasteiger partial charge in [-0.05, 0) is 44.1 Å². The predicted molar refractivity (Wildman–Crippen MR) is 78.7 cm³/mol. The molecule has 17 heavy (non-hydrogen) atoms. The van der Waals surface area contributed by atoms with Gasteiger partial charge in [-0.1, -0.05) is 48.5 Å². The van der Waals surface area contributed by atoms with Crippen molar-refractivity contribution >= 4 is 15.9 Å². The Morgan fingerprint density at radius 1 is 1.18 bits per heavy atom. The Bertz CT molecular complexity index is 235. The van der Waals surface area contributed by atoms with Crippen LogP contribution in [0.15, 0.2) is 0 Å². The van der Waals surface area contributed by atoms with Crippen molar-refractivity contribution in [3.05, 3.63) is 0 Å². The lowest BCUT2D eigenvalue weighted by Crippen LogP contribution is -2.42. The summed E-state index contributed by atoms with van der Waals surface area (Å²) < 4.78 is 0. The van der Waals surface area contributed by atoms with Gasteiger partial charge < -0.3 is 4.90 Å². The van der Waals surface area contributed by atoms with Crippen molar-refractivity contribution in [2.45, 2.75) is 64.3 Å². The Hall–Kier alpha value is 0.440. The number of hydrogen-bond donors (Lipinski definition) is 0. The average Bonchev–Trinajstić information content (AvgIpc) is 2.78. The maximum Gasteiger partial charge on any atom is 0.0100 e. The third kappa shape index (κ3) is 3.47. The van der Waals surface area contributed by atoms with Gasteiger partial charge in [-0.2, -0.15) is 0 Å². The van der Waals surface area contributed by atoms with Crippen LogP contribution in [0.25, 0.3) is 0 Å². The highest BCUT2D eigenvalue weighted by Gasteiger charge is 2.35. The minimum atomic E-state index is 0.593. The Morgan fingerprint density at radius 2 is 1.88 bits per heavy atom. The first kappa shape index (κ1) is 13.9. The lowest BCUT2D eigenvalue weighted by molar-refractivity contribution is 0.113. The van der Waals surface area contributed by atoms with E-state index in [1.807, 2.05) is 0 Å². The highest BCUT2D eigenvalue weighted by molar-refractivity contribution is 9.09. The molecule has 100 valence electrons. The summed E-state index contributed by atoms with van der Waals surface area (Å²) in [5, 5.41) is 1.20. The largest absolute Gasteiger partial charge is 0.303 e. The molecule has 0 aromatic carbocycles. The zero-order chi connectivity index (χ0) is 12.3. The van der Waals surface area contributed by atoms with Gasteiger partial charge in [0.15, 0.2) is 0 Å². The Kier molecular flexibility index (Phi) is 4.94. The quantitative estimate of drug-likeness (QED) is 0.693. The van der Waals surface area contributed by atoms with Crippen molar-refractivity contribution in [2.24, 2.45) is 11.3 Å². The molecule has 2 heteroatoms. The average molecular weight is 302 g/mol. The maximum absolute atomic E-state index is 3.77. The number of hydrogen-bond acceptors (Lipinski definition) is 1. The van der Waals surface area contributed by atoms with Crippen molar-refractivity contribution in [3.63, 3.8) is 0 Å². The van der Waals surface area contributed by atoms with Crippen LogP contribution in [-0.4, -0.2) is 29.9 Å². The molecule has 2 unspecified atom stereocenters. The van der Waals surface area contributed by atoms with Gasteiger partial charge in [0, 0.05) is 17.9 Å². The molecule has 0 amide bonds. The first-order chi connectivity index (χ1) is 8.15. The predicted octanol–water partition coefficient (Wildman–Crippen LogP) is 4.45. The SMILES string of the molecule is CC1CCCC(N(C)CC2(CBr)CCCC2)C1. The molecule has 2 fully saturated rings. The summed E-state index contributed by atoms with van der Waals surface area (Å²) in [6.45, 7) is 3.74. The zero-order valence-electron chi connectivity index (χ0n) is 11.6. The van der Waals surface area contributed by atoms with E-state index in [9.17, 15) is 0 Å². The van der Waals surface area contributed by atoms with Crippen molar-refractivity contribution < 1.29 is 0 Å². The molecular weight excluding hydrogens is 274 g/mol. The fourth-order valence-corrected chi connectivity index (χ4v) is 4.66. The molecule has 2 aliphatic rings. The smallest absolute Gasteiger partial charge is 0.0100 e. The summed E-state index contributed by atoms with van der Waals surface area (Å²) >= 11 is 3.77. The molecule has 0 N–H and O–H groups in total. The van der Waals surface area contributed by atoms with Gasteiger partial charge in [0.25, 0.3) is 0 Å². The molecule has 0 spiro atoms. The molecule has 0 saturated heterocycles. The molecule has 0 radical (unpaired) electrons. The normalized spacial score (nSPS) is 33.2. The third-order valence-electron chi connectivity index (χ3n) is 5.06. The summed E-state index contributed by atoms with van der Waals surface area (Å²) in [6, 6.07) is 0.857. The van der Waals surface area contributed by atoms with Gasteiger partial charge in [0.2, 0.25) is 0 Å². The number of halogens is 1. The van der Waals surface area contributed by atoms with Crippen LogP contribution >= 0.6 is 15.9 Å². The second kappa shape index (κ2) is 6.06. The molecule has 1 nitrogen and oxygen atoms in total. The number of rotatable bonds is 4. The zero-order valence-corrected chi connectivity index (χ0v) is 13.1. The van der Waals surface area contributed by atoms with E-state index >= 15 is 0 Å². The third-order valence-corrected chi connectivity index (χ3v) is 6.25. The molecular formula is C15H28BrN. The van der Waals surface area contributed by atoms with Crippen molar-refractivity contribution in [2.75, 3.05) is 18.9 Å². The van der Waals surface area contributed by atoms with Gasteiger partial charge in [-0.25, -0.2) is 0 Å².